The SMILES string of the molecule is CCNC(c1cc(C)nc(C)c1)c1ccc(Cl)c(Cl)c1. The zero-order valence-corrected chi connectivity index (χ0v) is 13.4. The maximum atomic E-state index is 6.14. The fourth-order valence-corrected chi connectivity index (χ4v) is 2.66. The van der Waals surface area contributed by atoms with E-state index >= 15 is 0 Å². The van der Waals surface area contributed by atoms with Crippen LogP contribution in [0.1, 0.15) is 35.5 Å². The lowest BCUT2D eigenvalue weighted by Gasteiger charge is -2.20. The van der Waals surface area contributed by atoms with Crippen molar-refractivity contribution in [1.82, 2.24) is 10.3 Å². The third-order valence-electron chi connectivity index (χ3n) is 3.12. The van der Waals surface area contributed by atoms with E-state index in [1.807, 2.05) is 32.0 Å². The number of halogens is 2. The zero-order valence-electron chi connectivity index (χ0n) is 11.9. The number of aromatic nitrogens is 1. The number of pyridine rings is 1. The lowest BCUT2D eigenvalue weighted by atomic mass is 9.98. The van der Waals surface area contributed by atoms with Crippen LogP contribution in [0.5, 0.6) is 0 Å². The van der Waals surface area contributed by atoms with Gasteiger partial charge in [0, 0.05) is 11.4 Å². The van der Waals surface area contributed by atoms with Crippen molar-refractivity contribution in [3.8, 4) is 0 Å². The second kappa shape index (κ2) is 6.57. The van der Waals surface area contributed by atoms with E-state index in [2.05, 4.69) is 29.4 Å². The highest BCUT2D eigenvalue weighted by atomic mass is 35.5. The van der Waals surface area contributed by atoms with Crippen LogP contribution in [0.25, 0.3) is 0 Å². The van der Waals surface area contributed by atoms with Crippen molar-refractivity contribution in [3.63, 3.8) is 0 Å². The van der Waals surface area contributed by atoms with Gasteiger partial charge in [0.25, 0.3) is 0 Å². The van der Waals surface area contributed by atoms with E-state index in [-0.39, 0.29) is 6.04 Å². The van der Waals surface area contributed by atoms with E-state index in [1.165, 1.54) is 5.56 Å². The van der Waals surface area contributed by atoms with Crippen LogP contribution < -0.4 is 5.32 Å². The monoisotopic (exact) mass is 308 g/mol. The Labute approximate surface area is 130 Å². The van der Waals surface area contributed by atoms with Crippen molar-refractivity contribution >= 4 is 23.2 Å². The van der Waals surface area contributed by atoms with E-state index in [4.69, 9.17) is 23.2 Å². The van der Waals surface area contributed by atoms with Gasteiger partial charge in [-0.05, 0) is 55.8 Å². The number of rotatable bonds is 4. The minimum absolute atomic E-state index is 0.0927. The molecular formula is C16H18Cl2N2. The fraction of sp³-hybridized carbons (Fsp3) is 0.312. The van der Waals surface area contributed by atoms with E-state index in [9.17, 15) is 0 Å². The van der Waals surface area contributed by atoms with Crippen LogP contribution in [-0.2, 0) is 0 Å². The highest BCUT2D eigenvalue weighted by Crippen LogP contribution is 2.29. The molecule has 0 amide bonds. The fourth-order valence-electron chi connectivity index (χ4n) is 2.36. The van der Waals surface area contributed by atoms with Crippen LogP contribution in [0.2, 0.25) is 10.0 Å². The van der Waals surface area contributed by atoms with Gasteiger partial charge in [-0.3, -0.25) is 4.98 Å². The molecule has 0 fully saturated rings. The van der Waals surface area contributed by atoms with E-state index in [0.29, 0.717) is 10.0 Å². The van der Waals surface area contributed by atoms with Gasteiger partial charge in [0.05, 0.1) is 16.1 Å². The molecule has 1 atom stereocenters. The molecule has 0 bridgehead atoms. The van der Waals surface area contributed by atoms with Gasteiger partial charge in [-0.1, -0.05) is 36.2 Å². The molecule has 1 aromatic heterocycles. The Morgan fingerprint density at radius 1 is 1.00 bits per heavy atom. The topological polar surface area (TPSA) is 24.9 Å². The van der Waals surface area contributed by atoms with Gasteiger partial charge in [-0.2, -0.15) is 0 Å². The molecule has 0 spiro atoms. The second-order valence-corrected chi connectivity index (χ2v) is 5.66. The van der Waals surface area contributed by atoms with Gasteiger partial charge in [0.2, 0.25) is 0 Å². The Bertz CT molecular complexity index is 591. The van der Waals surface area contributed by atoms with Crippen molar-refractivity contribution in [2.75, 3.05) is 6.54 Å². The first-order chi connectivity index (χ1) is 9.51. The van der Waals surface area contributed by atoms with Crippen LogP contribution in [-0.4, -0.2) is 11.5 Å². The van der Waals surface area contributed by atoms with Gasteiger partial charge < -0.3 is 5.32 Å². The van der Waals surface area contributed by atoms with Crippen LogP contribution in [0.3, 0.4) is 0 Å². The summed E-state index contributed by atoms with van der Waals surface area (Å²) >= 11 is 12.1. The molecule has 0 saturated carbocycles. The largest absolute Gasteiger partial charge is 0.307 e. The van der Waals surface area contributed by atoms with Crippen LogP contribution in [0.4, 0.5) is 0 Å². The van der Waals surface area contributed by atoms with Gasteiger partial charge >= 0.3 is 0 Å². The van der Waals surface area contributed by atoms with Crippen LogP contribution >= 0.6 is 23.2 Å². The first-order valence-corrected chi connectivity index (χ1v) is 7.40. The smallest absolute Gasteiger partial charge is 0.0595 e. The summed E-state index contributed by atoms with van der Waals surface area (Å²) in [5.74, 6) is 0. The first-order valence-electron chi connectivity index (χ1n) is 6.64. The molecule has 1 aromatic carbocycles. The lowest BCUT2D eigenvalue weighted by Crippen LogP contribution is -2.22. The molecule has 0 aliphatic carbocycles. The van der Waals surface area contributed by atoms with Gasteiger partial charge in [-0.25, -0.2) is 0 Å². The number of aryl methyl sites for hydroxylation is 2. The minimum atomic E-state index is 0.0927. The average molecular weight is 309 g/mol. The van der Waals surface area contributed by atoms with Gasteiger partial charge in [-0.15, -0.1) is 0 Å². The summed E-state index contributed by atoms with van der Waals surface area (Å²) < 4.78 is 0. The Balaban J connectivity index is 2.46. The average Bonchev–Trinajstić information content (AvgIpc) is 2.38. The highest BCUT2D eigenvalue weighted by Gasteiger charge is 2.15. The predicted octanol–water partition coefficient (Wildman–Crippen LogP) is 4.70. The summed E-state index contributed by atoms with van der Waals surface area (Å²) in [4.78, 5) is 4.43. The Morgan fingerprint density at radius 3 is 2.20 bits per heavy atom. The summed E-state index contributed by atoms with van der Waals surface area (Å²) in [7, 11) is 0. The second-order valence-electron chi connectivity index (χ2n) is 4.85. The number of nitrogens with one attached hydrogen (secondary N) is 1. The quantitative estimate of drug-likeness (QED) is 0.885. The van der Waals surface area contributed by atoms with Crippen molar-refractivity contribution in [3.05, 3.63) is 62.9 Å². The summed E-state index contributed by atoms with van der Waals surface area (Å²) in [5, 5.41) is 4.64. The first kappa shape index (κ1) is 15.3. The molecule has 2 rings (SSSR count). The summed E-state index contributed by atoms with van der Waals surface area (Å²) in [6.45, 7) is 6.97. The number of benzene rings is 1. The molecule has 106 valence electrons. The molecule has 0 saturated heterocycles. The molecule has 4 heteroatoms. The van der Waals surface area contributed by atoms with Gasteiger partial charge in [0.15, 0.2) is 0 Å². The summed E-state index contributed by atoms with van der Waals surface area (Å²) in [5.41, 5.74) is 4.33. The Morgan fingerprint density at radius 2 is 1.65 bits per heavy atom. The Hall–Kier alpha value is -1.09. The summed E-state index contributed by atoms with van der Waals surface area (Å²) in [6.07, 6.45) is 0. The third kappa shape index (κ3) is 3.51. The van der Waals surface area contributed by atoms with Crippen LogP contribution in [0, 0.1) is 13.8 Å². The molecule has 0 radical (unpaired) electrons. The van der Waals surface area contributed by atoms with Crippen molar-refractivity contribution in [1.29, 1.82) is 0 Å². The summed E-state index contributed by atoms with van der Waals surface area (Å²) in [6, 6.07) is 10.1. The maximum Gasteiger partial charge on any atom is 0.0595 e. The van der Waals surface area contributed by atoms with Crippen molar-refractivity contribution < 1.29 is 0 Å². The standard InChI is InChI=1S/C16H18Cl2N2/c1-4-19-16(12-5-6-14(17)15(18)9-12)13-7-10(2)20-11(3)8-13/h5-9,16,19H,4H2,1-3H3. The Kier molecular flexibility index (Phi) is 5.03. The number of hydrogen-bond acceptors (Lipinski definition) is 2. The maximum absolute atomic E-state index is 6.14. The van der Waals surface area contributed by atoms with Crippen molar-refractivity contribution in [2.45, 2.75) is 26.8 Å². The molecule has 20 heavy (non-hydrogen) atoms. The molecule has 0 aliphatic rings. The van der Waals surface area contributed by atoms with E-state index in [0.717, 1.165) is 23.5 Å². The molecule has 2 nitrogen and oxygen atoms in total. The third-order valence-corrected chi connectivity index (χ3v) is 3.86. The number of nitrogens with zero attached hydrogens (tertiary/aromatic N) is 1. The zero-order chi connectivity index (χ0) is 14.7. The highest BCUT2D eigenvalue weighted by molar-refractivity contribution is 6.42. The molecule has 2 aromatic rings. The normalized spacial score (nSPS) is 12.4. The molecule has 1 unspecified atom stereocenters. The molecule has 1 heterocycles. The molecule has 1 N–H and O–H groups in total. The van der Waals surface area contributed by atoms with Crippen molar-refractivity contribution in [2.24, 2.45) is 0 Å². The minimum Gasteiger partial charge on any atom is -0.307 e. The predicted molar refractivity (Wildman–Crippen MR) is 85.7 cm³/mol. The van der Waals surface area contributed by atoms with E-state index < -0.39 is 0 Å². The number of hydrogen-bond donors (Lipinski definition) is 1. The molecular weight excluding hydrogens is 291 g/mol. The van der Waals surface area contributed by atoms with Gasteiger partial charge in [0.1, 0.15) is 0 Å². The molecule has 0 aliphatic heterocycles. The lowest BCUT2D eigenvalue weighted by molar-refractivity contribution is 0.629. The van der Waals surface area contributed by atoms with Crippen LogP contribution in [0.15, 0.2) is 30.3 Å². The van der Waals surface area contributed by atoms with E-state index in [1.54, 1.807) is 0 Å².